The van der Waals surface area contributed by atoms with E-state index >= 15 is 0 Å². The number of anilines is 1. The van der Waals surface area contributed by atoms with E-state index in [-0.39, 0.29) is 22.6 Å². The number of carbonyl (C=O) groups is 3. The molecule has 2 aromatic heterocycles. The number of methoxy groups -OCH3 is 1. The molecule has 4 N–H and O–H groups in total. The molecule has 1 aromatic carbocycles. The van der Waals surface area contributed by atoms with E-state index < -0.39 is 29.4 Å². The molecule has 4 rings (SSSR count). The number of aryl methyl sites for hydroxylation is 2. The Labute approximate surface area is 188 Å². The van der Waals surface area contributed by atoms with Gasteiger partial charge in [-0.05, 0) is 32.4 Å². The summed E-state index contributed by atoms with van der Waals surface area (Å²) in [7, 11) is 1.46. The van der Waals surface area contributed by atoms with Crippen molar-refractivity contribution in [3.63, 3.8) is 0 Å². The Morgan fingerprint density at radius 3 is 2.52 bits per heavy atom. The van der Waals surface area contributed by atoms with Gasteiger partial charge in [0.05, 0.1) is 12.7 Å². The molecule has 170 valence electrons. The van der Waals surface area contributed by atoms with Crippen LogP contribution < -0.4 is 15.4 Å². The van der Waals surface area contributed by atoms with Gasteiger partial charge in [0.1, 0.15) is 29.0 Å². The van der Waals surface area contributed by atoms with Gasteiger partial charge in [0, 0.05) is 22.9 Å². The van der Waals surface area contributed by atoms with E-state index in [1.54, 1.807) is 45.0 Å². The zero-order chi connectivity index (χ0) is 24.0. The summed E-state index contributed by atoms with van der Waals surface area (Å²) in [4.78, 5) is 42.2. The third-order valence-electron chi connectivity index (χ3n) is 5.66. The molecule has 10 heteroatoms. The van der Waals surface area contributed by atoms with Crippen LogP contribution in [-0.2, 0) is 9.59 Å². The molecule has 0 bridgehead atoms. The molecule has 0 aliphatic carbocycles. The Morgan fingerprint density at radius 2 is 1.94 bits per heavy atom. The number of rotatable bonds is 5. The largest absolute Gasteiger partial charge is 0.507 e. The van der Waals surface area contributed by atoms with E-state index in [4.69, 9.17) is 15.0 Å². The Kier molecular flexibility index (Phi) is 5.28. The van der Waals surface area contributed by atoms with E-state index in [1.807, 2.05) is 0 Å². The molecular weight excluding hydrogens is 428 g/mol. The Bertz CT molecular complexity index is 1330. The first kappa shape index (κ1) is 21.9. The molecular formula is C23H22N4O6. The highest BCUT2D eigenvalue weighted by Gasteiger charge is 2.49. The molecule has 10 nitrogen and oxygen atoms in total. The molecule has 3 heterocycles. The van der Waals surface area contributed by atoms with Crippen molar-refractivity contribution in [1.82, 2.24) is 10.1 Å². The summed E-state index contributed by atoms with van der Waals surface area (Å²) >= 11 is 0. The molecule has 1 aliphatic heterocycles. The summed E-state index contributed by atoms with van der Waals surface area (Å²) in [6.07, 6.45) is 0. The lowest BCUT2D eigenvalue weighted by molar-refractivity contribution is -0.132. The van der Waals surface area contributed by atoms with Crippen LogP contribution in [0.4, 0.5) is 5.82 Å². The highest BCUT2D eigenvalue weighted by Crippen LogP contribution is 2.45. The summed E-state index contributed by atoms with van der Waals surface area (Å²) in [5.74, 6) is -1.99. The second-order valence-corrected chi connectivity index (χ2v) is 7.70. The summed E-state index contributed by atoms with van der Waals surface area (Å²) < 4.78 is 10.6. The fraction of sp³-hybridized carbons (Fsp3) is 0.217. The van der Waals surface area contributed by atoms with Gasteiger partial charge in [0.2, 0.25) is 0 Å². The number of benzene rings is 1. The number of nitrogens with zero attached hydrogens (tertiary/aromatic N) is 2. The van der Waals surface area contributed by atoms with Crippen LogP contribution in [0, 0.1) is 20.8 Å². The number of hydrogen-bond donors (Lipinski definition) is 3. The third kappa shape index (κ3) is 3.36. The number of aliphatic hydroxyl groups excluding tert-OH is 1. The van der Waals surface area contributed by atoms with Crippen molar-refractivity contribution in [1.29, 1.82) is 0 Å². The molecule has 1 fully saturated rings. The average Bonchev–Trinajstić information content (AvgIpc) is 3.41. The Balaban J connectivity index is 2.03. The first-order valence-corrected chi connectivity index (χ1v) is 10.0. The van der Waals surface area contributed by atoms with Crippen molar-refractivity contribution < 1.29 is 28.8 Å². The van der Waals surface area contributed by atoms with E-state index in [1.165, 1.54) is 13.2 Å². The van der Waals surface area contributed by atoms with Crippen LogP contribution in [0.5, 0.6) is 5.75 Å². The van der Waals surface area contributed by atoms with Gasteiger partial charge in [-0.3, -0.25) is 19.3 Å². The summed E-state index contributed by atoms with van der Waals surface area (Å²) in [6, 6.07) is 7.30. The van der Waals surface area contributed by atoms with Crippen LogP contribution in [0.1, 0.15) is 44.7 Å². The van der Waals surface area contributed by atoms with Crippen molar-refractivity contribution in [3.8, 4) is 5.75 Å². The third-order valence-corrected chi connectivity index (χ3v) is 5.66. The van der Waals surface area contributed by atoms with Crippen molar-refractivity contribution in [2.75, 3.05) is 12.0 Å². The number of Topliss-reactive ketones (excluding diaryl/α,β-unsaturated/α-hetero) is 1. The van der Waals surface area contributed by atoms with E-state index in [0.717, 1.165) is 4.90 Å². The second kappa shape index (κ2) is 7.97. The molecule has 1 aliphatic rings. The number of aromatic nitrogens is 2. The number of nitrogens with one attached hydrogen (secondary N) is 1. The molecule has 2 amide bonds. The molecule has 1 unspecified atom stereocenters. The highest BCUT2D eigenvalue weighted by molar-refractivity contribution is 6.51. The molecule has 0 saturated carbocycles. The Hall–Kier alpha value is -4.34. The molecule has 1 saturated heterocycles. The van der Waals surface area contributed by atoms with Crippen LogP contribution in [-0.4, -0.2) is 40.0 Å². The lowest BCUT2D eigenvalue weighted by Gasteiger charge is -2.24. The quantitative estimate of drug-likeness (QED) is 0.307. The zero-order valence-corrected chi connectivity index (χ0v) is 18.4. The van der Waals surface area contributed by atoms with Crippen LogP contribution in [0.2, 0.25) is 0 Å². The lowest BCUT2D eigenvalue weighted by atomic mass is 9.93. The number of amides is 2. The van der Waals surface area contributed by atoms with Gasteiger partial charge in [0.15, 0.2) is 5.82 Å². The topological polar surface area (TPSA) is 152 Å². The fourth-order valence-electron chi connectivity index (χ4n) is 4.21. The zero-order valence-electron chi connectivity index (χ0n) is 18.4. The predicted octanol–water partition coefficient (Wildman–Crippen LogP) is 2.66. The number of H-pyrrole nitrogens is 1. The van der Waals surface area contributed by atoms with Crippen LogP contribution in [0.25, 0.3) is 5.76 Å². The number of ketones is 1. The van der Waals surface area contributed by atoms with Crippen molar-refractivity contribution in [3.05, 3.63) is 69.7 Å². The number of nitrogens with two attached hydrogens (primary N) is 1. The van der Waals surface area contributed by atoms with E-state index in [9.17, 15) is 19.5 Å². The average molecular weight is 450 g/mol. The number of hydrogen-bond acceptors (Lipinski definition) is 7. The van der Waals surface area contributed by atoms with Crippen molar-refractivity contribution in [2.45, 2.75) is 26.8 Å². The molecule has 3 aromatic rings. The second-order valence-electron chi connectivity index (χ2n) is 7.70. The van der Waals surface area contributed by atoms with Gasteiger partial charge in [-0.25, -0.2) is 0 Å². The van der Waals surface area contributed by atoms with Gasteiger partial charge < -0.3 is 25.1 Å². The van der Waals surface area contributed by atoms with Crippen molar-refractivity contribution in [2.24, 2.45) is 5.73 Å². The minimum Gasteiger partial charge on any atom is -0.507 e. The van der Waals surface area contributed by atoms with E-state index in [2.05, 4.69) is 10.1 Å². The fourth-order valence-corrected chi connectivity index (χ4v) is 4.21. The minimum atomic E-state index is -1.06. The number of ether oxygens (including phenoxy) is 1. The van der Waals surface area contributed by atoms with Crippen LogP contribution >= 0.6 is 0 Å². The lowest BCUT2D eigenvalue weighted by Crippen LogP contribution is -2.29. The maximum absolute atomic E-state index is 13.2. The SMILES string of the molecule is COc1ccccc1C1/C(=C(\O)c2c(C)[nH]c(C(N)=O)c2C)C(=O)C(=O)N1c1cc(C)on1. The summed E-state index contributed by atoms with van der Waals surface area (Å²) in [5.41, 5.74) is 6.81. The first-order chi connectivity index (χ1) is 15.7. The monoisotopic (exact) mass is 450 g/mol. The number of carbonyl (C=O) groups excluding carboxylic acids is 3. The smallest absolute Gasteiger partial charge is 0.301 e. The predicted molar refractivity (Wildman–Crippen MR) is 118 cm³/mol. The standard InChI is InChI=1S/C23H22N4O6/c1-10-9-15(26-33-10)27-19(13-7-5-6-8-14(13)32-4)17(21(29)23(27)31)20(28)16-11(2)18(22(24)30)25-12(16)3/h5-9,19,25,28H,1-4H3,(H2,24,30)/b20-17+. The molecule has 0 spiro atoms. The van der Waals surface area contributed by atoms with Crippen molar-refractivity contribution >= 4 is 29.2 Å². The van der Waals surface area contributed by atoms with Gasteiger partial charge in [-0.1, -0.05) is 23.4 Å². The normalized spacial score (nSPS) is 17.6. The summed E-state index contributed by atoms with van der Waals surface area (Å²) in [6.45, 7) is 4.88. The van der Waals surface area contributed by atoms with E-state index in [0.29, 0.717) is 28.3 Å². The van der Waals surface area contributed by atoms with Gasteiger partial charge >= 0.3 is 5.91 Å². The molecule has 33 heavy (non-hydrogen) atoms. The number of aromatic amines is 1. The summed E-state index contributed by atoms with van der Waals surface area (Å²) in [5, 5.41) is 15.3. The maximum Gasteiger partial charge on any atom is 0.301 e. The maximum atomic E-state index is 13.2. The number of para-hydroxylation sites is 1. The highest BCUT2D eigenvalue weighted by atomic mass is 16.5. The number of primary amides is 1. The van der Waals surface area contributed by atoms with Crippen LogP contribution in [0.3, 0.4) is 0 Å². The van der Waals surface area contributed by atoms with Gasteiger partial charge in [0.25, 0.3) is 11.7 Å². The van der Waals surface area contributed by atoms with Gasteiger partial charge in [-0.15, -0.1) is 0 Å². The molecule has 1 atom stereocenters. The first-order valence-electron chi connectivity index (χ1n) is 10.0. The minimum absolute atomic E-state index is 0.101. The molecule has 0 radical (unpaired) electrons. The van der Waals surface area contributed by atoms with Gasteiger partial charge in [-0.2, -0.15) is 0 Å². The Morgan fingerprint density at radius 1 is 1.24 bits per heavy atom. The van der Waals surface area contributed by atoms with Crippen LogP contribution in [0.15, 0.2) is 40.4 Å². The number of aliphatic hydroxyl groups is 1.